The smallest absolute Gasteiger partial charge is 0.248 e. The monoisotopic (exact) mass is 480 g/mol. The van der Waals surface area contributed by atoms with Crippen molar-refractivity contribution in [2.24, 2.45) is 5.41 Å². The third-order valence-electron chi connectivity index (χ3n) is 7.39. The lowest BCUT2D eigenvalue weighted by atomic mass is 9.85. The molecule has 2 amide bonds. The van der Waals surface area contributed by atoms with Crippen molar-refractivity contribution < 1.29 is 14.7 Å². The molecule has 9 nitrogen and oxygen atoms in total. The average molecular weight is 481 g/mol. The van der Waals surface area contributed by atoms with Crippen molar-refractivity contribution in [1.29, 1.82) is 0 Å². The number of aliphatic hydroxyl groups is 1. The van der Waals surface area contributed by atoms with Gasteiger partial charge in [-0.2, -0.15) is 0 Å². The minimum atomic E-state index is -0.741. The fourth-order valence-electron chi connectivity index (χ4n) is 5.50. The van der Waals surface area contributed by atoms with E-state index in [0.29, 0.717) is 12.5 Å². The molecule has 1 aromatic heterocycles. The summed E-state index contributed by atoms with van der Waals surface area (Å²) in [6.45, 7) is 7.64. The molecule has 2 aromatic rings. The minimum absolute atomic E-state index is 0.134. The van der Waals surface area contributed by atoms with E-state index in [1.807, 2.05) is 46.1 Å². The Bertz CT molecular complexity index is 1100. The second-order valence-corrected chi connectivity index (χ2v) is 11.5. The number of nitrogens with one attached hydrogen (secondary N) is 1. The number of aromatic nitrogens is 3. The van der Waals surface area contributed by atoms with Crippen LogP contribution in [-0.4, -0.2) is 74.0 Å². The molecule has 2 aliphatic heterocycles. The lowest BCUT2D eigenvalue weighted by molar-refractivity contribution is -0.144. The SMILES string of the molecule is CN1Cc2ccccc2C(NC(=O)C2CC(O)CN2C(=O)[C@@H](n2cc(C3CC3)nn2)C(C)(C)C)C1. The third kappa shape index (κ3) is 4.84. The number of nitrogens with zero attached hydrogens (tertiary/aromatic N) is 5. The number of likely N-dealkylation sites (N-methyl/N-ethyl adjacent to an activating group) is 1. The molecule has 4 atom stereocenters. The summed E-state index contributed by atoms with van der Waals surface area (Å²) >= 11 is 0. The number of β-amino-alcohol motifs (C(OH)–C–C–N with tert-alkyl or cyclic N) is 1. The van der Waals surface area contributed by atoms with Gasteiger partial charge in [-0.3, -0.25) is 14.5 Å². The van der Waals surface area contributed by atoms with Crippen LogP contribution < -0.4 is 5.32 Å². The number of carbonyl (C=O) groups is 2. The maximum atomic E-state index is 13.9. The molecule has 1 aromatic carbocycles. The van der Waals surface area contributed by atoms with Crippen molar-refractivity contribution in [3.8, 4) is 0 Å². The van der Waals surface area contributed by atoms with Gasteiger partial charge in [0.15, 0.2) is 0 Å². The van der Waals surface area contributed by atoms with Crippen LogP contribution in [0.4, 0.5) is 0 Å². The van der Waals surface area contributed by atoms with E-state index in [1.165, 1.54) is 5.56 Å². The van der Waals surface area contributed by atoms with Crippen molar-refractivity contribution in [2.45, 2.75) is 76.7 Å². The Morgan fingerprint density at radius 1 is 1.17 bits per heavy atom. The topological polar surface area (TPSA) is 104 Å². The Morgan fingerprint density at radius 2 is 1.91 bits per heavy atom. The Labute approximate surface area is 206 Å². The summed E-state index contributed by atoms with van der Waals surface area (Å²) in [6, 6.07) is 6.62. The van der Waals surface area contributed by atoms with Gasteiger partial charge in [-0.1, -0.05) is 50.3 Å². The zero-order valence-electron chi connectivity index (χ0n) is 21.0. The summed E-state index contributed by atoms with van der Waals surface area (Å²) < 4.78 is 1.65. The maximum Gasteiger partial charge on any atom is 0.248 e. The molecular formula is C26H36N6O3. The zero-order valence-corrected chi connectivity index (χ0v) is 21.0. The molecule has 3 aliphatic rings. The molecule has 2 fully saturated rings. The molecule has 35 heavy (non-hydrogen) atoms. The standard InChI is InChI=1S/C26H36N6O3/c1-26(2,3)23(32-15-20(28-29-32)16-9-10-16)25(35)31-13-18(33)11-22(31)24(34)27-21-14-30(4)12-17-7-5-6-8-19(17)21/h5-8,15-16,18,21-23,33H,9-14H2,1-4H3,(H,27,34)/t18?,21?,22?,23-/m1/s1. The van der Waals surface area contributed by atoms with Gasteiger partial charge in [0.1, 0.15) is 12.1 Å². The first-order chi connectivity index (χ1) is 16.6. The molecule has 188 valence electrons. The molecule has 0 spiro atoms. The summed E-state index contributed by atoms with van der Waals surface area (Å²) in [7, 11) is 2.03. The number of likely N-dealkylation sites (tertiary alicyclic amines) is 1. The van der Waals surface area contributed by atoms with Gasteiger partial charge < -0.3 is 15.3 Å². The highest BCUT2D eigenvalue weighted by atomic mass is 16.3. The Kier molecular flexibility index (Phi) is 6.17. The van der Waals surface area contributed by atoms with Crippen molar-refractivity contribution in [2.75, 3.05) is 20.1 Å². The lowest BCUT2D eigenvalue weighted by Crippen LogP contribution is -2.52. The van der Waals surface area contributed by atoms with E-state index < -0.39 is 23.6 Å². The van der Waals surface area contributed by atoms with E-state index >= 15 is 0 Å². The molecule has 2 N–H and O–H groups in total. The summed E-state index contributed by atoms with van der Waals surface area (Å²) in [5.74, 6) is 0.000592. The highest BCUT2D eigenvalue weighted by Crippen LogP contribution is 2.40. The van der Waals surface area contributed by atoms with Gasteiger partial charge in [-0.05, 0) is 36.4 Å². The molecule has 9 heteroatoms. The molecule has 0 bridgehead atoms. The molecular weight excluding hydrogens is 444 g/mol. The van der Waals surface area contributed by atoms with Gasteiger partial charge >= 0.3 is 0 Å². The average Bonchev–Trinajstić information content (AvgIpc) is 3.39. The number of hydrogen-bond donors (Lipinski definition) is 2. The van der Waals surface area contributed by atoms with E-state index in [1.54, 1.807) is 9.58 Å². The molecule has 3 unspecified atom stereocenters. The van der Waals surface area contributed by atoms with Crippen LogP contribution in [0, 0.1) is 5.41 Å². The van der Waals surface area contributed by atoms with Gasteiger partial charge in [-0.15, -0.1) is 5.10 Å². The summed E-state index contributed by atoms with van der Waals surface area (Å²) in [5, 5.41) is 22.3. The van der Waals surface area contributed by atoms with Crippen molar-refractivity contribution >= 4 is 11.8 Å². The predicted molar refractivity (Wildman–Crippen MR) is 130 cm³/mol. The second-order valence-electron chi connectivity index (χ2n) is 11.5. The van der Waals surface area contributed by atoms with Crippen molar-refractivity contribution in [3.63, 3.8) is 0 Å². The van der Waals surface area contributed by atoms with E-state index in [0.717, 1.165) is 30.6 Å². The van der Waals surface area contributed by atoms with Crippen LogP contribution in [0.5, 0.6) is 0 Å². The van der Waals surface area contributed by atoms with Gasteiger partial charge in [-0.25, -0.2) is 4.68 Å². The Balaban J connectivity index is 1.37. The largest absolute Gasteiger partial charge is 0.391 e. The van der Waals surface area contributed by atoms with E-state index in [9.17, 15) is 14.7 Å². The zero-order chi connectivity index (χ0) is 24.9. The predicted octanol–water partition coefficient (Wildman–Crippen LogP) is 2.01. The number of carbonyl (C=O) groups excluding carboxylic acids is 2. The molecule has 1 aliphatic carbocycles. The van der Waals surface area contributed by atoms with Crippen molar-refractivity contribution in [1.82, 2.24) is 30.1 Å². The second kappa shape index (κ2) is 9.02. The van der Waals surface area contributed by atoms with Crippen LogP contribution in [0.25, 0.3) is 0 Å². The first-order valence-electron chi connectivity index (χ1n) is 12.6. The van der Waals surface area contributed by atoms with E-state index in [-0.39, 0.29) is 30.8 Å². The number of benzene rings is 1. The maximum absolute atomic E-state index is 13.9. The highest BCUT2D eigenvalue weighted by molar-refractivity contribution is 5.90. The molecule has 0 radical (unpaired) electrons. The molecule has 1 saturated heterocycles. The van der Waals surface area contributed by atoms with E-state index in [4.69, 9.17) is 0 Å². The first kappa shape index (κ1) is 23.9. The van der Waals surface area contributed by atoms with Crippen LogP contribution in [0.2, 0.25) is 0 Å². The van der Waals surface area contributed by atoms with Crippen LogP contribution in [0.15, 0.2) is 30.5 Å². The van der Waals surface area contributed by atoms with Gasteiger partial charge in [0.2, 0.25) is 11.8 Å². The lowest BCUT2D eigenvalue weighted by Gasteiger charge is -2.36. The van der Waals surface area contributed by atoms with Crippen LogP contribution in [-0.2, 0) is 16.1 Å². The molecule has 1 saturated carbocycles. The highest BCUT2D eigenvalue weighted by Gasteiger charge is 2.46. The number of amides is 2. The number of hydrogen-bond acceptors (Lipinski definition) is 6. The quantitative estimate of drug-likeness (QED) is 0.679. The fourth-order valence-corrected chi connectivity index (χ4v) is 5.50. The minimum Gasteiger partial charge on any atom is -0.391 e. The third-order valence-corrected chi connectivity index (χ3v) is 7.39. The fraction of sp³-hybridized carbons (Fsp3) is 0.615. The normalized spacial score (nSPS) is 25.9. The van der Waals surface area contributed by atoms with E-state index in [2.05, 4.69) is 32.7 Å². The van der Waals surface area contributed by atoms with Crippen molar-refractivity contribution in [3.05, 3.63) is 47.3 Å². The van der Waals surface area contributed by atoms with Crippen LogP contribution in [0.1, 0.15) is 74.9 Å². The summed E-state index contributed by atoms with van der Waals surface area (Å²) in [6.07, 6.45) is 3.57. The summed E-state index contributed by atoms with van der Waals surface area (Å²) in [4.78, 5) is 31.2. The number of fused-ring (bicyclic) bond motifs is 1. The molecule has 5 rings (SSSR count). The first-order valence-corrected chi connectivity index (χ1v) is 12.6. The number of rotatable bonds is 5. The van der Waals surface area contributed by atoms with Crippen LogP contribution >= 0.6 is 0 Å². The molecule has 3 heterocycles. The van der Waals surface area contributed by atoms with Gasteiger partial charge in [0.05, 0.1) is 17.8 Å². The number of aliphatic hydroxyl groups excluding tert-OH is 1. The van der Waals surface area contributed by atoms with Gasteiger partial charge in [0.25, 0.3) is 0 Å². The van der Waals surface area contributed by atoms with Crippen LogP contribution in [0.3, 0.4) is 0 Å². The summed E-state index contributed by atoms with van der Waals surface area (Å²) in [5.41, 5.74) is 2.77. The van der Waals surface area contributed by atoms with Gasteiger partial charge in [0, 0.05) is 38.2 Å². The Hall–Kier alpha value is -2.78. The Morgan fingerprint density at radius 3 is 2.63 bits per heavy atom.